The van der Waals surface area contributed by atoms with Gasteiger partial charge in [0.2, 0.25) is 0 Å². The highest BCUT2D eigenvalue weighted by atomic mass is 16.6. The van der Waals surface area contributed by atoms with Crippen molar-refractivity contribution >= 4 is 12.3 Å². The van der Waals surface area contributed by atoms with Gasteiger partial charge in [0.05, 0.1) is 0 Å². The van der Waals surface area contributed by atoms with Crippen molar-refractivity contribution in [1.29, 1.82) is 0 Å². The summed E-state index contributed by atoms with van der Waals surface area (Å²) in [5.74, 6) is -0.254. The summed E-state index contributed by atoms with van der Waals surface area (Å²) in [7, 11) is 1.89. The molecule has 0 unspecified atom stereocenters. The van der Waals surface area contributed by atoms with Gasteiger partial charge < -0.3 is 9.53 Å². The zero-order valence-corrected chi connectivity index (χ0v) is 12.6. The summed E-state index contributed by atoms with van der Waals surface area (Å²) < 4.78 is 5.41. The highest BCUT2D eigenvalue weighted by Gasteiger charge is 2.27. The van der Waals surface area contributed by atoms with Gasteiger partial charge in [0.15, 0.2) is 0 Å². The lowest BCUT2D eigenvalue weighted by Gasteiger charge is -2.29. The number of ether oxygens (including phenoxy) is 1. The molecule has 0 aliphatic heterocycles. The summed E-state index contributed by atoms with van der Waals surface area (Å²) in [6.45, 7) is 10.0. The predicted octanol–water partition coefficient (Wildman–Crippen LogP) is 2.57. The van der Waals surface area contributed by atoms with Crippen molar-refractivity contribution in [3.8, 4) is 0 Å². The normalized spacial score (nSPS) is 13.1. The molecule has 0 rings (SSSR count). The highest BCUT2D eigenvalue weighted by molar-refractivity contribution is 5.76. The fourth-order valence-electron chi connectivity index (χ4n) is 1.75. The predicted molar refractivity (Wildman–Crippen MR) is 77.0 cm³/mol. The van der Waals surface area contributed by atoms with Gasteiger partial charge in [-0.2, -0.15) is 0 Å². The molecule has 0 bridgehead atoms. The molecule has 0 N–H and O–H groups in total. The molecule has 0 radical (unpaired) electrons. The molecule has 0 saturated carbocycles. The Labute approximate surface area is 116 Å². The van der Waals surface area contributed by atoms with Crippen molar-refractivity contribution in [2.24, 2.45) is 0 Å². The number of unbranched alkanes of at least 4 members (excludes halogenated alkanes) is 1. The topological polar surface area (TPSA) is 46.6 Å². The van der Waals surface area contributed by atoms with Crippen LogP contribution in [-0.2, 0) is 14.3 Å². The largest absolute Gasteiger partial charge is 0.459 e. The number of allylic oxidation sites excluding steroid dienone is 1. The Morgan fingerprint density at radius 3 is 2.47 bits per heavy atom. The number of esters is 1. The van der Waals surface area contributed by atoms with Crippen LogP contribution in [-0.4, -0.2) is 42.4 Å². The first-order valence-corrected chi connectivity index (χ1v) is 6.79. The number of hydrogen-bond donors (Lipinski definition) is 0. The van der Waals surface area contributed by atoms with Gasteiger partial charge in [-0.1, -0.05) is 6.08 Å². The second-order valence-corrected chi connectivity index (χ2v) is 5.70. The minimum Gasteiger partial charge on any atom is -0.459 e. The van der Waals surface area contributed by atoms with E-state index in [4.69, 9.17) is 4.74 Å². The molecular weight excluding hydrogens is 242 g/mol. The second-order valence-electron chi connectivity index (χ2n) is 5.70. The van der Waals surface area contributed by atoms with Gasteiger partial charge in [-0.15, -0.1) is 6.58 Å². The first-order chi connectivity index (χ1) is 8.81. The summed E-state index contributed by atoms with van der Waals surface area (Å²) in [4.78, 5) is 24.6. The van der Waals surface area contributed by atoms with E-state index in [0.717, 1.165) is 25.7 Å². The third kappa shape index (κ3) is 8.54. The standard InChI is InChI=1S/C15H27NO3/c1-6-7-8-11-16(5)13(10-9-12-17)14(18)19-15(2,3)4/h6,12-13H,1,7-11H2,2-5H3/t13-/m0/s1. The van der Waals surface area contributed by atoms with E-state index < -0.39 is 5.60 Å². The average molecular weight is 269 g/mol. The molecule has 0 aliphatic carbocycles. The molecule has 0 fully saturated rings. The van der Waals surface area contributed by atoms with E-state index in [1.165, 1.54) is 0 Å². The number of carbonyl (C=O) groups is 2. The molecule has 0 heterocycles. The Morgan fingerprint density at radius 2 is 2.00 bits per heavy atom. The molecule has 0 aromatic heterocycles. The number of likely N-dealkylation sites (N-methyl/N-ethyl adjacent to an activating group) is 1. The molecule has 1 atom stereocenters. The third-order valence-electron chi connectivity index (χ3n) is 2.69. The quantitative estimate of drug-likeness (QED) is 0.279. The zero-order valence-electron chi connectivity index (χ0n) is 12.6. The van der Waals surface area contributed by atoms with Gasteiger partial charge in [0, 0.05) is 6.42 Å². The molecular formula is C15H27NO3. The first kappa shape index (κ1) is 17.8. The van der Waals surface area contributed by atoms with E-state index in [0.29, 0.717) is 12.8 Å². The van der Waals surface area contributed by atoms with Crippen molar-refractivity contribution in [3.05, 3.63) is 12.7 Å². The van der Waals surface area contributed by atoms with Gasteiger partial charge in [-0.25, -0.2) is 0 Å². The van der Waals surface area contributed by atoms with Gasteiger partial charge in [0.1, 0.15) is 17.9 Å². The van der Waals surface area contributed by atoms with E-state index in [9.17, 15) is 9.59 Å². The van der Waals surface area contributed by atoms with Crippen LogP contribution in [0.25, 0.3) is 0 Å². The number of aldehydes is 1. The third-order valence-corrected chi connectivity index (χ3v) is 2.69. The second kappa shape index (κ2) is 8.86. The Hall–Kier alpha value is -1.16. The van der Waals surface area contributed by atoms with Gasteiger partial charge >= 0.3 is 5.97 Å². The lowest BCUT2D eigenvalue weighted by Crippen LogP contribution is -2.43. The maximum absolute atomic E-state index is 12.1. The van der Waals surface area contributed by atoms with Crippen LogP contribution in [0.3, 0.4) is 0 Å². The maximum atomic E-state index is 12.1. The summed E-state index contributed by atoms with van der Waals surface area (Å²) in [6.07, 6.45) is 5.44. The van der Waals surface area contributed by atoms with Crippen LogP contribution in [0.2, 0.25) is 0 Å². The summed E-state index contributed by atoms with van der Waals surface area (Å²) in [6, 6.07) is -0.353. The van der Waals surface area contributed by atoms with Crippen molar-refractivity contribution in [1.82, 2.24) is 4.90 Å². The summed E-state index contributed by atoms with van der Waals surface area (Å²) >= 11 is 0. The van der Waals surface area contributed by atoms with Gasteiger partial charge in [-0.3, -0.25) is 9.69 Å². The van der Waals surface area contributed by atoms with E-state index in [1.54, 1.807) is 0 Å². The maximum Gasteiger partial charge on any atom is 0.323 e. The molecule has 0 aliphatic rings. The lowest BCUT2D eigenvalue weighted by molar-refractivity contribution is -0.161. The van der Waals surface area contributed by atoms with Crippen molar-refractivity contribution < 1.29 is 14.3 Å². The molecule has 0 amide bonds. The zero-order chi connectivity index (χ0) is 14.9. The summed E-state index contributed by atoms with van der Waals surface area (Å²) in [5.41, 5.74) is -0.502. The number of nitrogens with zero attached hydrogens (tertiary/aromatic N) is 1. The molecule has 110 valence electrons. The Morgan fingerprint density at radius 1 is 1.37 bits per heavy atom. The van der Waals surface area contributed by atoms with Crippen molar-refractivity contribution in [3.63, 3.8) is 0 Å². The monoisotopic (exact) mass is 269 g/mol. The number of carbonyl (C=O) groups excluding carboxylic acids is 2. The van der Waals surface area contributed by atoms with E-state index in [1.807, 2.05) is 38.8 Å². The van der Waals surface area contributed by atoms with Crippen LogP contribution < -0.4 is 0 Å². The molecule has 4 heteroatoms. The molecule has 0 spiro atoms. The van der Waals surface area contributed by atoms with Crippen LogP contribution in [0, 0.1) is 0 Å². The molecule has 19 heavy (non-hydrogen) atoms. The van der Waals surface area contributed by atoms with Crippen LogP contribution in [0.1, 0.15) is 46.5 Å². The summed E-state index contributed by atoms with van der Waals surface area (Å²) in [5, 5.41) is 0. The fraction of sp³-hybridized carbons (Fsp3) is 0.733. The minimum absolute atomic E-state index is 0.254. The lowest BCUT2D eigenvalue weighted by atomic mass is 10.1. The molecule has 0 saturated heterocycles. The molecule has 0 aromatic rings. The minimum atomic E-state index is -0.502. The van der Waals surface area contributed by atoms with Crippen LogP contribution in [0.5, 0.6) is 0 Å². The van der Waals surface area contributed by atoms with Crippen LogP contribution in [0.15, 0.2) is 12.7 Å². The smallest absolute Gasteiger partial charge is 0.323 e. The van der Waals surface area contributed by atoms with Gasteiger partial charge in [-0.05, 0) is 53.6 Å². The Kier molecular flexibility index (Phi) is 8.32. The number of rotatable bonds is 9. The van der Waals surface area contributed by atoms with Crippen molar-refractivity contribution in [2.45, 2.75) is 58.1 Å². The van der Waals surface area contributed by atoms with E-state index in [-0.39, 0.29) is 12.0 Å². The average Bonchev–Trinajstić information content (AvgIpc) is 2.27. The Balaban J connectivity index is 4.54. The molecule has 0 aromatic carbocycles. The SMILES string of the molecule is C=CCCCN(C)[C@@H](CCC=O)C(=O)OC(C)(C)C. The number of hydrogen-bond acceptors (Lipinski definition) is 4. The highest BCUT2D eigenvalue weighted by Crippen LogP contribution is 2.14. The van der Waals surface area contributed by atoms with Crippen LogP contribution in [0.4, 0.5) is 0 Å². The van der Waals surface area contributed by atoms with E-state index >= 15 is 0 Å². The van der Waals surface area contributed by atoms with Gasteiger partial charge in [0.25, 0.3) is 0 Å². The van der Waals surface area contributed by atoms with Crippen molar-refractivity contribution in [2.75, 3.05) is 13.6 Å². The van der Waals surface area contributed by atoms with E-state index in [2.05, 4.69) is 6.58 Å². The van der Waals surface area contributed by atoms with Crippen LogP contribution >= 0.6 is 0 Å². The first-order valence-electron chi connectivity index (χ1n) is 6.79. The Bertz CT molecular complexity index is 294. The molecule has 4 nitrogen and oxygen atoms in total. The fourth-order valence-corrected chi connectivity index (χ4v) is 1.75.